The largest absolute Gasteiger partial charge is 0.423 e. The van der Waals surface area contributed by atoms with Gasteiger partial charge < -0.3 is 4.74 Å². The van der Waals surface area contributed by atoms with Crippen molar-refractivity contribution in [1.29, 1.82) is 5.26 Å². The van der Waals surface area contributed by atoms with Crippen molar-refractivity contribution in [2.45, 2.75) is 6.18 Å². The molecule has 2 aromatic carbocycles. The van der Waals surface area contributed by atoms with Crippen molar-refractivity contribution in [3.05, 3.63) is 65.0 Å². The summed E-state index contributed by atoms with van der Waals surface area (Å²) in [4.78, 5) is 11.7. The lowest BCUT2D eigenvalue weighted by Gasteiger charge is -2.09. The molecule has 0 spiro atoms. The predicted octanol–water partition coefficient (Wildman–Crippen LogP) is 3.94. The highest BCUT2D eigenvalue weighted by Gasteiger charge is 2.34. The van der Waals surface area contributed by atoms with E-state index >= 15 is 0 Å². The Bertz CT molecular complexity index is 746. The Balaban J connectivity index is 2.19. The van der Waals surface area contributed by atoms with Crippen LogP contribution in [0.1, 0.15) is 21.5 Å². The monoisotopic (exact) mass is 309 g/mol. The first-order valence-corrected chi connectivity index (χ1v) is 5.90. The van der Waals surface area contributed by atoms with E-state index < -0.39 is 23.5 Å². The zero-order valence-corrected chi connectivity index (χ0v) is 10.8. The molecule has 0 atom stereocenters. The molecule has 3 nitrogen and oxygen atoms in total. The van der Waals surface area contributed by atoms with Crippen molar-refractivity contribution in [1.82, 2.24) is 0 Å². The van der Waals surface area contributed by atoms with Gasteiger partial charge in [-0.1, -0.05) is 0 Å². The SMILES string of the molecule is N#Cc1ccc(OC(=O)c2ccc(C(F)(F)F)c(F)c2)cc1. The topological polar surface area (TPSA) is 50.1 Å². The van der Waals surface area contributed by atoms with Gasteiger partial charge >= 0.3 is 12.1 Å². The summed E-state index contributed by atoms with van der Waals surface area (Å²) in [6.07, 6.45) is -4.83. The van der Waals surface area contributed by atoms with Crippen molar-refractivity contribution < 1.29 is 27.1 Å². The number of nitriles is 1. The zero-order valence-electron chi connectivity index (χ0n) is 10.8. The lowest BCUT2D eigenvalue weighted by molar-refractivity contribution is -0.140. The normalized spacial score (nSPS) is 10.9. The number of nitrogens with zero attached hydrogens (tertiary/aromatic N) is 1. The minimum Gasteiger partial charge on any atom is -0.423 e. The molecule has 2 aromatic rings. The summed E-state index contributed by atoms with van der Waals surface area (Å²) in [6.45, 7) is 0. The van der Waals surface area contributed by atoms with Gasteiger partial charge in [0.1, 0.15) is 11.6 Å². The van der Waals surface area contributed by atoms with E-state index in [1.807, 2.05) is 6.07 Å². The van der Waals surface area contributed by atoms with E-state index in [1.165, 1.54) is 24.3 Å². The number of hydrogen-bond donors (Lipinski definition) is 0. The minimum atomic E-state index is -4.83. The summed E-state index contributed by atoms with van der Waals surface area (Å²) in [7, 11) is 0. The molecule has 0 saturated carbocycles. The van der Waals surface area contributed by atoms with Crippen LogP contribution < -0.4 is 4.74 Å². The average Bonchev–Trinajstić information content (AvgIpc) is 2.46. The van der Waals surface area contributed by atoms with Crippen molar-refractivity contribution in [2.24, 2.45) is 0 Å². The van der Waals surface area contributed by atoms with Crippen LogP contribution in [0.4, 0.5) is 17.6 Å². The lowest BCUT2D eigenvalue weighted by atomic mass is 10.1. The molecule has 0 aliphatic heterocycles. The van der Waals surface area contributed by atoms with Crippen LogP contribution in [0.3, 0.4) is 0 Å². The van der Waals surface area contributed by atoms with Crippen LogP contribution in [0.2, 0.25) is 0 Å². The molecule has 2 rings (SSSR count). The molecule has 0 unspecified atom stereocenters. The van der Waals surface area contributed by atoms with Gasteiger partial charge in [0.25, 0.3) is 0 Å². The maximum atomic E-state index is 13.4. The van der Waals surface area contributed by atoms with E-state index in [1.54, 1.807) is 0 Å². The standard InChI is InChI=1S/C15H7F4NO2/c16-13-7-10(3-6-12(13)15(17,18)19)14(21)22-11-4-1-9(8-20)2-5-11/h1-7H. The summed E-state index contributed by atoms with van der Waals surface area (Å²) >= 11 is 0. The third kappa shape index (κ3) is 3.41. The summed E-state index contributed by atoms with van der Waals surface area (Å²) in [5.74, 6) is -2.47. The second kappa shape index (κ2) is 5.85. The second-order valence-corrected chi connectivity index (χ2v) is 4.22. The molecule has 22 heavy (non-hydrogen) atoms. The molecule has 7 heteroatoms. The fourth-order valence-corrected chi connectivity index (χ4v) is 1.64. The summed E-state index contributed by atoms with van der Waals surface area (Å²) < 4.78 is 55.5. The van der Waals surface area contributed by atoms with Crippen LogP contribution in [0.15, 0.2) is 42.5 Å². The van der Waals surface area contributed by atoms with Gasteiger partial charge in [0, 0.05) is 0 Å². The van der Waals surface area contributed by atoms with Crippen LogP contribution in [0.5, 0.6) is 5.75 Å². The highest BCUT2D eigenvalue weighted by atomic mass is 19.4. The van der Waals surface area contributed by atoms with E-state index in [4.69, 9.17) is 10.00 Å². The van der Waals surface area contributed by atoms with Gasteiger partial charge in [0.05, 0.1) is 22.8 Å². The van der Waals surface area contributed by atoms with Crippen LogP contribution in [-0.4, -0.2) is 5.97 Å². The van der Waals surface area contributed by atoms with Gasteiger partial charge in [0.2, 0.25) is 0 Å². The molecule has 0 saturated heterocycles. The maximum Gasteiger partial charge on any atom is 0.419 e. The average molecular weight is 309 g/mol. The van der Waals surface area contributed by atoms with Crippen molar-refractivity contribution in [2.75, 3.05) is 0 Å². The number of carbonyl (C=O) groups is 1. The number of benzene rings is 2. The van der Waals surface area contributed by atoms with E-state index in [2.05, 4.69) is 0 Å². The molecule has 0 fully saturated rings. The number of esters is 1. The number of carbonyl (C=O) groups excluding carboxylic acids is 1. The Morgan fingerprint density at radius 2 is 1.73 bits per heavy atom. The van der Waals surface area contributed by atoms with Crippen LogP contribution in [0, 0.1) is 17.1 Å². The first-order chi connectivity index (χ1) is 10.3. The van der Waals surface area contributed by atoms with E-state index in [0.717, 1.165) is 6.07 Å². The summed E-state index contributed by atoms with van der Waals surface area (Å²) in [5, 5.41) is 8.62. The quantitative estimate of drug-likeness (QED) is 0.480. The van der Waals surface area contributed by atoms with Gasteiger partial charge in [-0.05, 0) is 42.5 Å². The van der Waals surface area contributed by atoms with Crippen molar-refractivity contribution in [3.8, 4) is 11.8 Å². The molecular weight excluding hydrogens is 302 g/mol. The molecule has 0 amide bonds. The van der Waals surface area contributed by atoms with Gasteiger partial charge in [-0.15, -0.1) is 0 Å². The summed E-state index contributed by atoms with van der Waals surface area (Å²) in [6, 6.07) is 9.13. The number of halogens is 4. The molecule has 112 valence electrons. The fraction of sp³-hybridized carbons (Fsp3) is 0.0667. The molecule has 0 N–H and O–H groups in total. The van der Waals surface area contributed by atoms with Gasteiger partial charge in [0.15, 0.2) is 0 Å². The van der Waals surface area contributed by atoms with Gasteiger partial charge in [-0.2, -0.15) is 18.4 Å². The third-order valence-electron chi connectivity index (χ3n) is 2.70. The molecule has 0 aliphatic rings. The highest BCUT2D eigenvalue weighted by molar-refractivity contribution is 5.91. The van der Waals surface area contributed by atoms with Gasteiger partial charge in [-0.3, -0.25) is 0 Å². The molecule has 0 radical (unpaired) electrons. The number of alkyl halides is 3. The molecule has 0 aromatic heterocycles. The molecule has 0 aliphatic carbocycles. The smallest absolute Gasteiger partial charge is 0.419 e. The molecular formula is C15H7F4NO2. The van der Waals surface area contributed by atoms with Crippen LogP contribution in [-0.2, 0) is 6.18 Å². The first kappa shape index (κ1) is 15.5. The maximum absolute atomic E-state index is 13.4. The number of rotatable bonds is 2. The van der Waals surface area contributed by atoms with E-state index in [-0.39, 0.29) is 11.3 Å². The predicted molar refractivity (Wildman–Crippen MR) is 67.5 cm³/mol. The van der Waals surface area contributed by atoms with E-state index in [0.29, 0.717) is 17.7 Å². The van der Waals surface area contributed by atoms with Crippen LogP contribution in [0.25, 0.3) is 0 Å². The summed E-state index contributed by atoms with van der Waals surface area (Å²) in [5.41, 5.74) is -1.46. The fourth-order valence-electron chi connectivity index (χ4n) is 1.64. The Labute approximate surface area is 122 Å². The Morgan fingerprint density at radius 3 is 2.23 bits per heavy atom. The Kier molecular flexibility index (Phi) is 4.13. The zero-order chi connectivity index (χ0) is 16.3. The first-order valence-electron chi connectivity index (χ1n) is 5.90. The highest BCUT2D eigenvalue weighted by Crippen LogP contribution is 2.31. The number of hydrogen-bond acceptors (Lipinski definition) is 3. The Morgan fingerprint density at radius 1 is 1.09 bits per heavy atom. The van der Waals surface area contributed by atoms with Crippen molar-refractivity contribution >= 4 is 5.97 Å². The van der Waals surface area contributed by atoms with E-state index in [9.17, 15) is 22.4 Å². The lowest BCUT2D eigenvalue weighted by Crippen LogP contribution is -2.12. The molecule has 0 bridgehead atoms. The number of ether oxygens (including phenoxy) is 1. The van der Waals surface area contributed by atoms with Gasteiger partial charge in [-0.25, -0.2) is 9.18 Å². The minimum absolute atomic E-state index is 0.0873. The Hall–Kier alpha value is -2.88. The third-order valence-corrected chi connectivity index (χ3v) is 2.70. The molecule has 0 heterocycles. The van der Waals surface area contributed by atoms with Crippen molar-refractivity contribution in [3.63, 3.8) is 0 Å². The second-order valence-electron chi connectivity index (χ2n) is 4.22. The van der Waals surface area contributed by atoms with Crippen LogP contribution >= 0.6 is 0 Å².